The first kappa shape index (κ1) is 41.7. The molecule has 0 bridgehead atoms. The fraction of sp³-hybridized carbons (Fsp3) is 0.429. The van der Waals surface area contributed by atoms with Gasteiger partial charge in [0.15, 0.2) is 0 Å². The normalized spacial score (nSPS) is 9.88. The van der Waals surface area contributed by atoms with Gasteiger partial charge in [0.2, 0.25) is 0 Å². The van der Waals surface area contributed by atoms with Crippen molar-refractivity contribution in [1.82, 2.24) is 29.9 Å². The molecule has 4 aromatic carbocycles. The molecule has 7 rings (SSSR count). The Labute approximate surface area is 289 Å². The summed E-state index contributed by atoms with van der Waals surface area (Å²) in [6, 6.07) is 12.5. The third kappa shape index (κ3) is 8.21. The summed E-state index contributed by atoms with van der Waals surface area (Å²) in [6.07, 6.45) is 0. The van der Waals surface area contributed by atoms with Crippen molar-refractivity contribution < 1.29 is 0 Å². The molecule has 0 aliphatic heterocycles. The van der Waals surface area contributed by atoms with E-state index in [1.165, 1.54) is 33.4 Å². The summed E-state index contributed by atoms with van der Waals surface area (Å²) in [6.45, 7) is 36.6. The molecule has 0 radical (unpaired) electrons. The van der Waals surface area contributed by atoms with E-state index < -0.39 is 0 Å². The standard InChI is InChI=1S/C30H24N6.6C2H6/c1-13-7-19-20(8-14(13)2)32-26-25(31-19)27-29(35-22-10-16(4)15(3)9-21(22)33-27)30-28(26)34-23-11-17(5)18(6)12-24(23)36-30;6*1-2/h7-12H,1-6H3;6*1-2H3. The smallest absolute Gasteiger partial charge is 0.120 e. The van der Waals surface area contributed by atoms with E-state index in [0.29, 0.717) is 33.1 Å². The highest BCUT2D eigenvalue weighted by molar-refractivity contribution is 6.21. The van der Waals surface area contributed by atoms with E-state index in [9.17, 15) is 0 Å². The molecule has 0 amide bonds. The van der Waals surface area contributed by atoms with Gasteiger partial charge >= 0.3 is 0 Å². The topological polar surface area (TPSA) is 77.3 Å². The van der Waals surface area contributed by atoms with Crippen LogP contribution in [0.4, 0.5) is 0 Å². The average Bonchev–Trinajstić information content (AvgIpc) is 3.13. The molecule has 258 valence electrons. The highest BCUT2D eigenvalue weighted by atomic mass is 14.9. The first-order valence-electron chi connectivity index (χ1n) is 18.1. The van der Waals surface area contributed by atoms with Crippen LogP contribution in [0.3, 0.4) is 0 Å². The second-order valence-corrected chi connectivity index (χ2v) is 10.0. The van der Waals surface area contributed by atoms with Gasteiger partial charge in [-0.2, -0.15) is 0 Å². The minimum Gasteiger partial charge on any atom is -0.242 e. The zero-order valence-corrected chi connectivity index (χ0v) is 33.1. The fourth-order valence-electron chi connectivity index (χ4n) is 4.93. The summed E-state index contributed by atoms with van der Waals surface area (Å²) >= 11 is 0. The van der Waals surface area contributed by atoms with Crippen molar-refractivity contribution in [3.05, 3.63) is 69.8 Å². The summed E-state index contributed by atoms with van der Waals surface area (Å²) in [7, 11) is 0. The minimum atomic E-state index is 0.707. The van der Waals surface area contributed by atoms with Gasteiger partial charge in [0.05, 0.1) is 33.1 Å². The molecule has 6 heteroatoms. The van der Waals surface area contributed by atoms with E-state index in [0.717, 1.165) is 33.1 Å². The maximum Gasteiger partial charge on any atom is 0.120 e. The first-order valence-corrected chi connectivity index (χ1v) is 18.1. The van der Waals surface area contributed by atoms with Crippen LogP contribution < -0.4 is 0 Å². The molecule has 6 nitrogen and oxygen atoms in total. The van der Waals surface area contributed by atoms with E-state index >= 15 is 0 Å². The van der Waals surface area contributed by atoms with E-state index in [4.69, 9.17) is 29.9 Å². The van der Waals surface area contributed by atoms with E-state index in [-0.39, 0.29) is 0 Å². The predicted octanol–water partition coefficient (Wildman–Crippen LogP) is 13.0. The molecule has 0 aliphatic rings. The summed E-state index contributed by atoms with van der Waals surface area (Å²) in [5, 5.41) is 0. The molecule has 0 unspecified atom stereocenters. The van der Waals surface area contributed by atoms with Gasteiger partial charge in [0, 0.05) is 0 Å². The number of hydrogen-bond acceptors (Lipinski definition) is 6. The molecule has 0 saturated heterocycles. The van der Waals surface area contributed by atoms with Crippen molar-refractivity contribution in [1.29, 1.82) is 0 Å². The van der Waals surface area contributed by atoms with Crippen LogP contribution in [0.5, 0.6) is 0 Å². The van der Waals surface area contributed by atoms with Crippen LogP contribution in [-0.2, 0) is 0 Å². The molecule has 0 fully saturated rings. The van der Waals surface area contributed by atoms with Gasteiger partial charge in [-0.1, -0.05) is 83.1 Å². The molecule has 0 aliphatic carbocycles. The predicted molar refractivity (Wildman–Crippen MR) is 215 cm³/mol. The monoisotopic (exact) mass is 648 g/mol. The molecule has 7 aromatic rings. The van der Waals surface area contributed by atoms with Gasteiger partial charge in [-0.25, -0.2) is 29.9 Å². The molecule has 3 aromatic heterocycles. The lowest BCUT2D eigenvalue weighted by Gasteiger charge is -2.12. The summed E-state index contributed by atoms with van der Waals surface area (Å²) < 4.78 is 0. The molecule has 48 heavy (non-hydrogen) atoms. The SMILES string of the molecule is CC.CC.CC.CC.CC.CC.Cc1cc2nc3c4nc5cc(C)c(C)cc5nc4c4nc5cc(C)c(C)cc5nc4c3nc2cc1C. The van der Waals surface area contributed by atoms with Gasteiger partial charge in [-0.3, -0.25) is 0 Å². The first-order chi connectivity index (χ1) is 23.3. The quantitative estimate of drug-likeness (QED) is 0.120. The Morgan fingerprint density at radius 1 is 0.229 bits per heavy atom. The second-order valence-electron chi connectivity index (χ2n) is 10.0. The van der Waals surface area contributed by atoms with Gasteiger partial charge < -0.3 is 0 Å². The Hall–Kier alpha value is -4.32. The third-order valence-corrected chi connectivity index (χ3v) is 7.51. The zero-order chi connectivity index (χ0) is 36.9. The highest BCUT2D eigenvalue weighted by Gasteiger charge is 2.19. The average molecular weight is 649 g/mol. The minimum absolute atomic E-state index is 0.707. The lowest BCUT2D eigenvalue weighted by molar-refractivity contribution is 1.29. The van der Waals surface area contributed by atoms with Crippen LogP contribution in [-0.4, -0.2) is 29.9 Å². The number of fused-ring (bicyclic) bond motifs is 9. The van der Waals surface area contributed by atoms with E-state index in [2.05, 4.69) is 77.9 Å². The lowest BCUT2D eigenvalue weighted by atomic mass is 10.1. The molecule has 3 heterocycles. The Morgan fingerprint density at radius 3 is 0.438 bits per heavy atom. The van der Waals surface area contributed by atoms with Crippen molar-refractivity contribution in [3.8, 4) is 0 Å². The number of rotatable bonds is 0. The van der Waals surface area contributed by atoms with Gasteiger partial charge in [-0.05, 0) is 111 Å². The lowest BCUT2D eigenvalue weighted by Crippen LogP contribution is -2.00. The highest BCUT2D eigenvalue weighted by Crippen LogP contribution is 2.34. The molecule has 0 saturated carbocycles. The van der Waals surface area contributed by atoms with Crippen molar-refractivity contribution in [3.63, 3.8) is 0 Å². The number of nitrogens with zero attached hydrogens (tertiary/aromatic N) is 6. The molecule has 0 atom stereocenters. The molecular formula is C42H60N6. The van der Waals surface area contributed by atoms with Crippen molar-refractivity contribution >= 4 is 66.2 Å². The van der Waals surface area contributed by atoms with Crippen LogP contribution in [0.15, 0.2) is 36.4 Å². The maximum atomic E-state index is 5.08. The summed E-state index contributed by atoms with van der Waals surface area (Å²) in [5.74, 6) is 0. The van der Waals surface area contributed by atoms with Crippen molar-refractivity contribution in [2.24, 2.45) is 0 Å². The zero-order valence-electron chi connectivity index (χ0n) is 33.1. The summed E-state index contributed by atoms with van der Waals surface area (Å²) in [4.78, 5) is 30.5. The summed E-state index contributed by atoms with van der Waals surface area (Å²) in [5.41, 5.74) is 16.4. The van der Waals surface area contributed by atoms with Gasteiger partial charge in [0.1, 0.15) is 33.1 Å². The van der Waals surface area contributed by atoms with Crippen LogP contribution in [0.2, 0.25) is 0 Å². The van der Waals surface area contributed by atoms with Crippen molar-refractivity contribution in [2.75, 3.05) is 0 Å². The van der Waals surface area contributed by atoms with Crippen molar-refractivity contribution in [2.45, 2.75) is 125 Å². The number of benzene rings is 4. The Balaban J connectivity index is 0.000000871. The number of aryl methyl sites for hydroxylation is 6. The molecule has 0 spiro atoms. The number of hydrogen-bond donors (Lipinski definition) is 0. The third-order valence-electron chi connectivity index (χ3n) is 7.51. The number of aromatic nitrogens is 6. The van der Waals surface area contributed by atoms with Gasteiger partial charge in [-0.15, -0.1) is 0 Å². The Bertz CT molecular complexity index is 1690. The Kier molecular flexibility index (Phi) is 16.9. The molecule has 0 N–H and O–H groups in total. The van der Waals surface area contributed by atoms with Crippen LogP contribution in [0.1, 0.15) is 116 Å². The maximum absolute atomic E-state index is 5.08. The Morgan fingerprint density at radius 2 is 0.333 bits per heavy atom. The van der Waals surface area contributed by atoms with Crippen LogP contribution >= 0.6 is 0 Å². The van der Waals surface area contributed by atoms with Crippen LogP contribution in [0, 0.1) is 41.5 Å². The van der Waals surface area contributed by atoms with E-state index in [1.807, 2.05) is 83.1 Å². The second kappa shape index (κ2) is 19.5. The van der Waals surface area contributed by atoms with E-state index in [1.54, 1.807) is 0 Å². The van der Waals surface area contributed by atoms with Crippen LogP contribution in [0.25, 0.3) is 66.2 Å². The largest absolute Gasteiger partial charge is 0.242 e. The van der Waals surface area contributed by atoms with Gasteiger partial charge in [0.25, 0.3) is 0 Å². The fourth-order valence-corrected chi connectivity index (χ4v) is 4.93. The molecular weight excluding hydrogens is 589 g/mol.